The number of anilines is 1. The van der Waals surface area contributed by atoms with Crippen LogP contribution in [0.4, 0.5) is 17.1 Å². The van der Waals surface area contributed by atoms with Gasteiger partial charge in [-0.1, -0.05) is 30.4 Å². The Hall–Kier alpha value is -3.22. The van der Waals surface area contributed by atoms with Crippen LogP contribution < -0.4 is 5.32 Å². The highest BCUT2D eigenvalue weighted by Gasteiger charge is 2.42. The third-order valence-corrected chi connectivity index (χ3v) is 5.34. The van der Waals surface area contributed by atoms with Gasteiger partial charge in [-0.2, -0.15) is 0 Å². The lowest BCUT2D eigenvalue weighted by Crippen LogP contribution is -2.30. The largest absolute Gasteiger partial charge is 0.377 e. The van der Waals surface area contributed by atoms with Gasteiger partial charge in [-0.25, -0.2) is 0 Å². The Morgan fingerprint density at radius 1 is 1.12 bits per heavy atom. The molecule has 1 N–H and O–H groups in total. The second kappa shape index (κ2) is 5.94. The molecule has 0 saturated heterocycles. The van der Waals surface area contributed by atoms with Crippen molar-refractivity contribution in [2.75, 3.05) is 5.32 Å². The summed E-state index contributed by atoms with van der Waals surface area (Å²) in [5.41, 5.74) is 3.42. The van der Waals surface area contributed by atoms with E-state index in [2.05, 4.69) is 5.32 Å². The number of hydrogen-bond acceptors (Lipinski definition) is 5. The lowest BCUT2D eigenvalue weighted by molar-refractivity contribution is -0.385. The second-order valence-corrected chi connectivity index (χ2v) is 6.77. The van der Waals surface area contributed by atoms with Crippen molar-refractivity contribution in [3.8, 4) is 0 Å². The van der Waals surface area contributed by atoms with Gasteiger partial charge in [-0.3, -0.25) is 20.2 Å². The smallest absolute Gasteiger partial charge is 0.275 e. The van der Waals surface area contributed by atoms with Crippen molar-refractivity contribution < 1.29 is 9.85 Å². The Labute approximate surface area is 149 Å². The van der Waals surface area contributed by atoms with Crippen LogP contribution in [0.3, 0.4) is 0 Å². The Balaban J connectivity index is 1.85. The molecule has 0 unspecified atom stereocenters. The van der Waals surface area contributed by atoms with E-state index in [4.69, 9.17) is 0 Å². The van der Waals surface area contributed by atoms with Crippen LogP contribution in [-0.2, 0) is 0 Å². The van der Waals surface area contributed by atoms with Gasteiger partial charge in [0.05, 0.1) is 21.5 Å². The molecule has 7 nitrogen and oxygen atoms in total. The van der Waals surface area contributed by atoms with Gasteiger partial charge in [0.1, 0.15) is 0 Å². The lowest BCUT2D eigenvalue weighted by Gasteiger charge is -2.37. The summed E-state index contributed by atoms with van der Waals surface area (Å²) in [6, 6.07) is 9.79. The Morgan fingerprint density at radius 2 is 1.92 bits per heavy atom. The van der Waals surface area contributed by atoms with Crippen molar-refractivity contribution in [3.63, 3.8) is 0 Å². The molecule has 1 aliphatic heterocycles. The molecular formula is C19H17N3O4. The number of fused-ring (bicyclic) bond motifs is 3. The molecule has 0 aromatic heterocycles. The van der Waals surface area contributed by atoms with Gasteiger partial charge in [0, 0.05) is 29.8 Å². The van der Waals surface area contributed by atoms with Gasteiger partial charge >= 0.3 is 0 Å². The van der Waals surface area contributed by atoms with Gasteiger partial charge in [-0.05, 0) is 30.4 Å². The standard InChI is InChI=1S/C19H17N3O4/c1-11-8-9-16(22(25)26)17-14-6-3-7-15(14)19(20-18(11)17)12-4-2-5-13(10-12)21(23)24/h2-6,8-10,14-15,19-20H,7H2,1H3/t14-,15+,19-/m0/s1. The van der Waals surface area contributed by atoms with Crippen LogP contribution in [0.15, 0.2) is 48.6 Å². The molecule has 2 aromatic carbocycles. The van der Waals surface area contributed by atoms with E-state index in [1.54, 1.807) is 24.3 Å². The summed E-state index contributed by atoms with van der Waals surface area (Å²) in [6.07, 6.45) is 4.85. The molecule has 0 saturated carbocycles. The Kier molecular flexibility index (Phi) is 3.72. The van der Waals surface area contributed by atoms with Crippen molar-refractivity contribution in [2.24, 2.45) is 5.92 Å². The molecule has 0 amide bonds. The summed E-state index contributed by atoms with van der Waals surface area (Å²) < 4.78 is 0. The highest BCUT2D eigenvalue weighted by molar-refractivity contribution is 5.70. The first-order valence-corrected chi connectivity index (χ1v) is 8.43. The summed E-state index contributed by atoms with van der Waals surface area (Å²) in [6.45, 7) is 1.92. The van der Waals surface area contributed by atoms with Crippen LogP contribution >= 0.6 is 0 Å². The topological polar surface area (TPSA) is 98.3 Å². The van der Waals surface area contributed by atoms with E-state index in [-0.39, 0.29) is 34.2 Å². The first kappa shape index (κ1) is 16.3. The van der Waals surface area contributed by atoms with Crippen molar-refractivity contribution in [1.29, 1.82) is 0 Å². The van der Waals surface area contributed by atoms with Crippen LogP contribution in [-0.4, -0.2) is 9.85 Å². The fraction of sp³-hybridized carbons (Fsp3) is 0.263. The zero-order valence-corrected chi connectivity index (χ0v) is 14.1. The summed E-state index contributed by atoms with van der Waals surface area (Å²) in [4.78, 5) is 21.9. The number of rotatable bonds is 3. The monoisotopic (exact) mass is 351 g/mol. The number of nitro benzene ring substituents is 2. The number of nitro groups is 2. The van der Waals surface area contributed by atoms with Crippen LogP contribution in [0.5, 0.6) is 0 Å². The first-order chi connectivity index (χ1) is 12.5. The minimum atomic E-state index is -0.402. The molecule has 3 atom stereocenters. The summed E-state index contributed by atoms with van der Waals surface area (Å²) >= 11 is 0. The van der Waals surface area contributed by atoms with Crippen LogP contribution in [0, 0.1) is 33.1 Å². The fourth-order valence-electron chi connectivity index (χ4n) is 4.16. The number of allylic oxidation sites excluding steroid dienone is 2. The van der Waals surface area contributed by atoms with E-state index in [1.165, 1.54) is 6.07 Å². The fourth-order valence-corrected chi connectivity index (χ4v) is 4.16. The maximum Gasteiger partial charge on any atom is 0.275 e. The molecule has 2 aliphatic rings. The van der Waals surface area contributed by atoms with E-state index >= 15 is 0 Å². The highest BCUT2D eigenvalue weighted by atomic mass is 16.6. The average Bonchev–Trinajstić information content (AvgIpc) is 3.11. The number of non-ortho nitro benzene ring substituents is 1. The highest BCUT2D eigenvalue weighted by Crippen LogP contribution is 2.53. The van der Waals surface area contributed by atoms with Gasteiger partial charge in [0.25, 0.3) is 11.4 Å². The number of hydrogen-bond donors (Lipinski definition) is 1. The maximum absolute atomic E-state index is 11.5. The van der Waals surface area contributed by atoms with Crippen molar-refractivity contribution in [2.45, 2.75) is 25.3 Å². The zero-order valence-electron chi connectivity index (χ0n) is 14.1. The van der Waals surface area contributed by atoms with Crippen LogP contribution in [0.2, 0.25) is 0 Å². The van der Waals surface area contributed by atoms with E-state index in [0.717, 1.165) is 28.8 Å². The molecule has 2 aromatic rings. The number of aryl methyl sites for hydroxylation is 1. The Bertz CT molecular complexity index is 954. The third-order valence-electron chi connectivity index (χ3n) is 5.34. The second-order valence-electron chi connectivity index (χ2n) is 6.77. The van der Waals surface area contributed by atoms with Gasteiger partial charge in [0.15, 0.2) is 0 Å². The minimum absolute atomic E-state index is 0.0494. The predicted octanol–water partition coefficient (Wildman–Crippen LogP) is 4.64. The van der Waals surface area contributed by atoms with Crippen molar-refractivity contribution in [1.82, 2.24) is 0 Å². The zero-order chi connectivity index (χ0) is 18.4. The van der Waals surface area contributed by atoms with Gasteiger partial charge in [-0.15, -0.1) is 0 Å². The molecule has 26 heavy (non-hydrogen) atoms. The van der Waals surface area contributed by atoms with Gasteiger partial charge in [0.2, 0.25) is 0 Å². The molecule has 0 radical (unpaired) electrons. The molecule has 0 spiro atoms. The Morgan fingerprint density at radius 3 is 2.65 bits per heavy atom. The molecule has 0 bridgehead atoms. The van der Waals surface area contributed by atoms with Crippen LogP contribution in [0.25, 0.3) is 0 Å². The molecule has 1 aliphatic carbocycles. The SMILES string of the molecule is Cc1ccc([N+](=O)[O-])c2c1N[C@@H](c1cccc([N+](=O)[O-])c1)[C@@H]1CC=C[C@H]21. The summed E-state index contributed by atoms with van der Waals surface area (Å²) in [5.74, 6) is 0.0146. The summed E-state index contributed by atoms with van der Waals surface area (Å²) in [7, 11) is 0. The molecule has 132 valence electrons. The number of nitrogens with one attached hydrogen (secondary N) is 1. The predicted molar refractivity (Wildman–Crippen MR) is 97.3 cm³/mol. The third kappa shape index (κ3) is 2.44. The maximum atomic E-state index is 11.5. The minimum Gasteiger partial charge on any atom is -0.377 e. The number of benzene rings is 2. The molecule has 1 heterocycles. The van der Waals surface area contributed by atoms with Crippen LogP contribution in [0.1, 0.15) is 35.1 Å². The summed E-state index contributed by atoms with van der Waals surface area (Å²) in [5, 5.41) is 26.1. The lowest BCUT2D eigenvalue weighted by atomic mass is 9.75. The van der Waals surface area contributed by atoms with Crippen molar-refractivity contribution in [3.05, 3.63) is 85.5 Å². The van der Waals surface area contributed by atoms with E-state index in [0.29, 0.717) is 0 Å². The van der Waals surface area contributed by atoms with Gasteiger partial charge < -0.3 is 5.32 Å². The number of nitrogens with zero attached hydrogens (tertiary/aromatic N) is 2. The van der Waals surface area contributed by atoms with E-state index in [9.17, 15) is 20.2 Å². The molecule has 4 rings (SSSR count). The first-order valence-electron chi connectivity index (χ1n) is 8.43. The normalized spacial score (nSPS) is 23.0. The van der Waals surface area contributed by atoms with E-state index < -0.39 is 4.92 Å². The molecule has 7 heteroatoms. The average molecular weight is 351 g/mol. The van der Waals surface area contributed by atoms with E-state index in [1.807, 2.05) is 25.1 Å². The quantitative estimate of drug-likeness (QED) is 0.493. The van der Waals surface area contributed by atoms with Crippen molar-refractivity contribution >= 4 is 17.1 Å². The molecular weight excluding hydrogens is 334 g/mol. The molecule has 0 fully saturated rings.